The van der Waals surface area contributed by atoms with E-state index in [1.165, 1.54) is 6.33 Å². The van der Waals surface area contributed by atoms with Gasteiger partial charge in [-0.2, -0.15) is 0 Å². The molecule has 2 aromatic rings. The first-order valence-corrected chi connectivity index (χ1v) is 12.6. The summed E-state index contributed by atoms with van der Waals surface area (Å²) in [6.45, 7) is 5.02. The number of hydrazine groups is 1. The van der Waals surface area contributed by atoms with Crippen molar-refractivity contribution in [2.24, 2.45) is 11.6 Å². The normalized spacial score (nSPS) is 22.4. The van der Waals surface area contributed by atoms with Crippen LogP contribution in [0.1, 0.15) is 51.2 Å². The van der Waals surface area contributed by atoms with Gasteiger partial charge in [0.25, 0.3) is 0 Å². The van der Waals surface area contributed by atoms with Gasteiger partial charge in [0, 0.05) is 69.5 Å². The van der Waals surface area contributed by atoms with E-state index in [0.717, 1.165) is 54.6 Å². The molecule has 0 spiro atoms. The Balaban J connectivity index is 1.61. The fraction of sp³-hybridized carbons (Fsp3) is 0.556. The van der Waals surface area contributed by atoms with Gasteiger partial charge in [-0.15, -0.1) is 0 Å². The van der Waals surface area contributed by atoms with Crippen molar-refractivity contribution in [3.8, 4) is 11.1 Å². The molecule has 36 heavy (non-hydrogen) atoms. The maximum absolute atomic E-state index is 6.50. The van der Waals surface area contributed by atoms with Gasteiger partial charge in [-0.1, -0.05) is 31.2 Å². The van der Waals surface area contributed by atoms with Crippen LogP contribution in [0.4, 0.5) is 0 Å². The topological polar surface area (TPSA) is 112 Å². The van der Waals surface area contributed by atoms with Crippen LogP contribution in [0.15, 0.2) is 54.9 Å². The molecular formula is C27H42N6O3. The van der Waals surface area contributed by atoms with E-state index in [2.05, 4.69) is 60.0 Å². The van der Waals surface area contributed by atoms with Crippen LogP contribution < -0.4 is 11.6 Å². The molecule has 0 aliphatic carbocycles. The minimum absolute atomic E-state index is 0.0732. The van der Waals surface area contributed by atoms with Crippen molar-refractivity contribution in [2.75, 3.05) is 27.8 Å². The molecule has 198 valence electrons. The lowest BCUT2D eigenvalue weighted by molar-refractivity contribution is -0.189. The predicted molar refractivity (Wildman–Crippen MR) is 141 cm³/mol. The van der Waals surface area contributed by atoms with Gasteiger partial charge in [-0.25, -0.2) is 15.8 Å². The number of methoxy groups -OCH3 is 2. The van der Waals surface area contributed by atoms with E-state index in [4.69, 9.17) is 25.8 Å². The molecule has 9 nitrogen and oxygen atoms in total. The number of nitrogens with zero attached hydrogens (tertiary/aromatic N) is 4. The van der Waals surface area contributed by atoms with Crippen LogP contribution in [0, 0.1) is 0 Å². The van der Waals surface area contributed by atoms with Gasteiger partial charge in [-0.05, 0) is 37.9 Å². The lowest BCUT2D eigenvalue weighted by Crippen LogP contribution is -2.44. The molecule has 5 unspecified atom stereocenters. The van der Waals surface area contributed by atoms with Crippen molar-refractivity contribution >= 4 is 0 Å². The summed E-state index contributed by atoms with van der Waals surface area (Å²) in [7, 11) is 5.54. The van der Waals surface area contributed by atoms with E-state index in [0.29, 0.717) is 6.04 Å². The average molecular weight is 499 g/mol. The lowest BCUT2D eigenvalue weighted by Gasteiger charge is -2.38. The molecule has 0 radical (unpaired) electrons. The van der Waals surface area contributed by atoms with Crippen LogP contribution in [0.25, 0.3) is 11.1 Å². The number of ether oxygens (including phenoxy) is 3. The van der Waals surface area contributed by atoms with Gasteiger partial charge in [0.2, 0.25) is 0 Å². The zero-order valence-electron chi connectivity index (χ0n) is 22.2. The molecule has 0 saturated carbocycles. The Kier molecular flexibility index (Phi) is 10.6. The zero-order valence-corrected chi connectivity index (χ0v) is 22.2. The molecule has 0 amide bonds. The van der Waals surface area contributed by atoms with Crippen LogP contribution >= 0.6 is 0 Å². The average Bonchev–Trinajstić information content (AvgIpc) is 2.90. The van der Waals surface area contributed by atoms with Gasteiger partial charge < -0.3 is 29.9 Å². The second-order valence-corrected chi connectivity index (χ2v) is 9.50. The molecule has 2 heterocycles. The van der Waals surface area contributed by atoms with Gasteiger partial charge in [0.05, 0.1) is 12.1 Å². The largest absolute Gasteiger partial charge is 0.401 e. The van der Waals surface area contributed by atoms with Crippen molar-refractivity contribution in [3.63, 3.8) is 0 Å². The first-order chi connectivity index (χ1) is 17.4. The summed E-state index contributed by atoms with van der Waals surface area (Å²) in [6.07, 6.45) is 10.1. The van der Waals surface area contributed by atoms with Crippen molar-refractivity contribution in [1.82, 2.24) is 19.9 Å². The number of nitrogens with two attached hydrogens (primary N) is 2. The summed E-state index contributed by atoms with van der Waals surface area (Å²) in [5, 5.41) is 1.69. The molecular weight excluding hydrogens is 456 g/mol. The third-order valence-electron chi connectivity index (χ3n) is 6.94. The Morgan fingerprint density at radius 3 is 2.47 bits per heavy atom. The van der Waals surface area contributed by atoms with Gasteiger partial charge in [-0.3, -0.25) is 0 Å². The summed E-state index contributed by atoms with van der Waals surface area (Å²) < 4.78 is 17.1. The SMILES string of the molecule is CCC(C(OC)c1ccc(-c2cncnc2)cc1)N(N)/C=C(\N)CCN(C)C1CC(C)OC(OC)C1. The van der Waals surface area contributed by atoms with E-state index in [9.17, 15) is 0 Å². The van der Waals surface area contributed by atoms with Gasteiger partial charge >= 0.3 is 0 Å². The minimum atomic E-state index is -0.206. The van der Waals surface area contributed by atoms with Crippen molar-refractivity contribution in [3.05, 3.63) is 60.4 Å². The molecule has 1 fully saturated rings. The second kappa shape index (κ2) is 13.7. The van der Waals surface area contributed by atoms with Crippen LogP contribution in [0.3, 0.4) is 0 Å². The number of hydrogen-bond acceptors (Lipinski definition) is 9. The smallest absolute Gasteiger partial charge is 0.159 e. The standard InChI is InChI=1S/C27H42N6O3/c1-6-25(27(35-5)21-9-7-20(8-10-21)22-15-30-18-31-16-22)33(29)17-23(28)11-12-32(3)24-13-19(2)36-26(14-24)34-4/h7-10,15-19,24-27H,6,11-14,28-29H2,1-5H3/b23-17-. The van der Waals surface area contributed by atoms with Crippen molar-refractivity contribution in [2.45, 2.75) is 70.1 Å². The summed E-state index contributed by atoms with van der Waals surface area (Å²) in [5.41, 5.74) is 10.2. The van der Waals surface area contributed by atoms with Gasteiger partial charge in [0.1, 0.15) is 12.4 Å². The Bertz CT molecular complexity index is 942. The van der Waals surface area contributed by atoms with E-state index < -0.39 is 0 Å². The van der Waals surface area contributed by atoms with Crippen molar-refractivity contribution in [1.29, 1.82) is 0 Å². The fourth-order valence-corrected chi connectivity index (χ4v) is 4.83. The molecule has 5 atom stereocenters. The summed E-state index contributed by atoms with van der Waals surface area (Å²) >= 11 is 0. The maximum atomic E-state index is 6.50. The van der Waals surface area contributed by atoms with Crippen LogP contribution in [-0.2, 0) is 14.2 Å². The minimum Gasteiger partial charge on any atom is -0.401 e. The quantitative estimate of drug-likeness (QED) is 0.336. The number of aromatic nitrogens is 2. The fourth-order valence-electron chi connectivity index (χ4n) is 4.83. The summed E-state index contributed by atoms with van der Waals surface area (Å²) in [4.78, 5) is 10.5. The Hall–Kier alpha value is -2.56. The van der Waals surface area contributed by atoms with E-state index in [1.807, 2.05) is 6.20 Å². The third-order valence-corrected chi connectivity index (χ3v) is 6.94. The molecule has 3 rings (SSSR count). The maximum Gasteiger partial charge on any atom is 0.159 e. The molecule has 1 aromatic heterocycles. The van der Waals surface area contributed by atoms with Gasteiger partial charge in [0.15, 0.2) is 6.29 Å². The molecule has 1 saturated heterocycles. The van der Waals surface area contributed by atoms with Crippen LogP contribution in [0.2, 0.25) is 0 Å². The highest BCUT2D eigenvalue weighted by Crippen LogP contribution is 2.28. The predicted octanol–water partition coefficient (Wildman–Crippen LogP) is 3.45. The van der Waals surface area contributed by atoms with E-state index >= 15 is 0 Å². The lowest BCUT2D eigenvalue weighted by atomic mass is 9.97. The molecule has 9 heteroatoms. The number of hydrogen-bond donors (Lipinski definition) is 2. The highest BCUT2D eigenvalue weighted by atomic mass is 16.7. The monoisotopic (exact) mass is 498 g/mol. The molecule has 1 aliphatic rings. The highest BCUT2D eigenvalue weighted by molar-refractivity contribution is 5.61. The Morgan fingerprint density at radius 2 is 1.86 bits per heavy atom. The Labute approximate surface area is 215 Å². The second-order valence-electron chi connectivity index (χ2n) is 9.50. The third kappa shape index (κ3) is 7.47. The first-order valence-electron chi connectivity index (χ1n) is 12.6. The summed E-state index contributed by atoms with van der Waals surface area (Å²) in [5.74, 6) is 6.50. The van der Waals surface area contributed by atoms with E-state index in [1.54, 1.807) is 31.6 Å². The molecule has 4 N–H and O–H groups in total. The molecule has 1 aliphatic heterocycles. The Morgan fingerprint density at radius 1 is 1.17 bits per heavy atom. The van der Waals surface area contributed by atoms with E-state index in [-0.39, 0.29) is 24.5 Å². The summed E-state index contributed by atoms with van der Waals surface area (Å²) in [6, 6.07) is 8.56. The highest BCUT2D eigenvalue weighted by Gasteiger charge is 2.29. The number of benzene rings is 1. The molecule has 0 bridgehead atoms. The van der Waals surface area contributed by atoms with Crippen molar-refractivity contribution < 1.29 is 14.2 Å². The van der Waals surface area contributed by atoms with Crippen LogP contribution in [0.5, 0.6) is 0 Å². The molecule has 1 aromatic carbocycles. The zero-order chi connectivity index (χ0) is 26.1. The number of rotatable bonds is 12. The van der Waals surface area contributed by atoms with Crippen LogP contribution in [-0.4, -0.2) is 72.2 Å². The first kappa shape index (κ1) is 28.0.